The van der Waals surface area contributed by atoms with Crippen molar-refractivity contribution in [1.82, 2.24) is 19.9 Å². The van der Waals surface area contributed by atoms with Crippen LogP contribution in [0.5, 0.6) is 0 Å². The molecule has 0 bridgehead atoms. The summed E-state index contributed by atoms with van der Waals surface area (Å²) in [6.45, 7) is 5.89. The summed E-state index contributed by atoms with van der Waals surface area (Å²) in [5, 5.41) is 9.60. The van der Waals surface area contributed by atoms with Crippen molar-refractivity contribution in [2.45, 2.75) is 31.7 Å². The molecular weight excluding hydrogens is 350 g/mol. The molecule has 28 heavy (non-hydrogen) atoms. The average Bonchev–Trinajstić information content (AvgIpc) is 2.73. The van der Waals surface area contributed by atoms with Crippen molar-refractivity contribution >= 4 is 11.8 Å². The van der Waals surface area contributed by atoms with E-state index in [9.17, 15) is 5.26 Å². The third kappa shape index (κ3) is 3.18. The number of aryl methyl sites for hydroxylation is 2. The lowest BCUT2D eigenvalue weighted by molar-refractivity contribution is 0.156. The highest BCUT2D eigenvalue weighted by Crippen LogP contribution is 2.30. The van der Waals surface area contributed by atoms with Crippen molar-refractivity contribution in [2.75, 3.05) is 49.1 Å². The first-order chi connectivity index (χ1) is 13.8. The summed E-state index contributed by atoms with van der Waals surface area (Å²) in [4.78, 5) is 20.7. The standard InChI is InChI=1S/C21H25N7/c22-13-17-12-16-4-1-2-5-19(16)25-20(17)28-14-18(15-28)26-8-10-27(11-9-26)21-23-6-3-7-24-21/h3,6-7,12,18H,1-2,4-5,8-11,14-15H2. The predicted octanol–water partition coefficient (Wildman–Crippen LogP) is 1.63. The number of hydrogen-bond donors (Lipinski definition) is 0. The maximum atomic E-state index is 9.60. The van der Waals surface area contributed by atoms with E-state index in [2.05, 4.69) is 36.8 Å². The fraction of sp³-hybridized carbons (Fsp3) is 0.524. The van der Waals surface area contributed by atoms with Crippen LogP contribution in [0.2, 0.25) is 0 Å². The van der Waals surface area contributed by atoms with Crippen LogP contribution in [0.4, 0.5) is 11.8 Å². The highest BCUT2D eigenvalue weighted by molar-refractivity contribution is 5.58. The molecule has 5 rings (SSSR count). The van der Waals surface area contributed by atoms with Crippen LogP contribution in [0.15, 0.2) is 24.5 Å². The molecule has 0 aromatic carbocycles. The molecule has 1 aliphatic carbocycles. The largest absolute Gasteiger partial charge is 0.352 e. The van der Waals surface area contributed by atoms with Gasteiger partial charge in [-0.2, -0.15) is 5.26 Å². The van der Waals surface area contributed by atoms with Crippen LogP contribution < -0.4 is 9.80 Å². The predicted molar refractivity (Wildman–Crippen MR) is 107 cm³/mol. The summed E-state index contributed by atoms with van der Waals surface area (Å²) in [6, 6.07) is 6.86. The number of nitrogens with zero attached hydrogens (tertiary/aromatic N) is 7. The number of nitriles is 1. The van der Waals surface area contributed by atoms with E-state index in [1.807, 2.05) is 6.07 Å². The average molecular weight is 375 g/mol. The van der Waals surface area contributed by atoms with Crippen molar-refractivity contribution in [3.63, 3.8) is 0 Å². The van der Waals surface area contributed by atoms with Crippen molar-refractivity contribution in [3.05, 3.63) is 41.3 Å². The molecule has 3 aliphatic rings. The van der Waals surface area contributed by atoms with E-state index in [0.717, 1.165) is 69.4 Å². The first kappa shape index (κ1) is 17.4. The molecule has 0 saturated carbocycles. The fourth-order valence-electron chi connectivity index (χ4n) is 4.55. The van der Waals surface area contributed by atoms with E-state index < -0.39 is 0 Å². The summed E-state index contributed by atoms with van der Waals surface area (Å²) in [7, 11) is 0. The summed E-state index contributed by atoms with van der Waals surface area (Å²) in [6.07, 6.45) is 8.14. The van der Waals surface area contributed by atoms with Gasteiger partial charge in [0.2, 0.25) is 5.95 Å². The number of rotatable bonds is 3. The second-order valence-corrected chi connectivity index (χ2v) is 7.91. The molecule has 4 heterocycles. The maximum absolute atomic E-state index is 9.60. The Morgan fingerprint density at radius 1 is 0.964 bits per heavy atom. The second-order valence-electron chi connectivity index (χ2n) is 7.91. The van der Waals surface area contributed by atoms with Gasteiger partial charge >= 0.3 is 0 Å². The summed E-state index contributed by atoms with van der Waals surface area (Å²) >= 11 is 0. The Kier molecular flexibility index (Phi) is 4.57. The van der Waals surface area contributed by atoms with Gasteiger partial charge in [0, 0.05) is 63.4 Å². The summed E-state index contributed by atoms with van der Waals surface area (Å²) in [5.74, 6) is 1.73. The van der Waals surface area contributed by atoms with Gasteiger partial charge in [-0.3, -0.25) is 4.90 Å². The Labute approximate surface area is 165 Å². The summed E-state index contributed by atoms with van der Waals surface area (Å²) < 4.78 is 0. The third-order valence-electron chi connectivity index (χ3n) is 6.23. The Balaban J connectivity index is 1.21. The van der Waals surface area contributed by atoms with Gasteiger partial charge < -0.3 is 9.80 Å². The molecule has 2 fully saturated rings. The molecule has 2 saturated heterocycles. The van der Waals surface area contributed by atoms with Crippen LogP contribution in [0.3, 0.4) is 0 Å². The van der Waals surface area contributed by atoms with Gasteiger partial charge in [-0.1, -0.05) is 0 Å². The quantitative estimate of drug-likeness (QED) is 0.807. The molecule has 2 aliphatic heterocycles. The summed E-state index contributed by atoms with van der Waals surface area (Å²) in [5.41, 5.74) is 3.23. The van der Waals surface area contributed by atoms with Gasteiger partial charge in [-0.25, -0.2) is 15.0 Å². The molecular formula is C21H25N7. The van der Waals surface area contributed by atoms with Crippen molar-refractivity contribution in [1.29, 1.82) is 5.26 Å². The minimum Gasteiger partial charge on any atom is -0.352 e. The van der Waals surface area contributed by atoms with Crippen LogP contribution in [-0.2, 0) is 12.8 Å². The Morgan fingerprint density at radius 3 is 2.46 bits per heavy atom. The zero-order valence-electron chi connectivity index (χ0n) is 16.1. The van der Waals surface area contributed by atoms with Crippen LogP contribution in [0, 0.1) is 11.3 Å². The van der Waals surface area contributed by atoms with Crippen LogP contribution in [-0.4, -0.2) is 65.2 Å². The van der Waals surface area contributed by atoms with Crippen molar-refractivity contribution < 1.29 is 0 Å². The van der Waals surface area contributed by atoms with E-state index >= 15 is 0 Å². The SMILES string of the molecule is N#Cc1cc2c(nc1N1CC(N3CCN(c4ncccn4)CC3)C1)CCCC2. The second kappa shape index (κ2) is 7.36. The lowest BCUT2D eigenvalue weighted by Crippen LogP contribution is -2.63. The van der Waals surface area contributed by atoms with Crippen molar-refractivity contribution in [2.24, 2.45) is 0 Å². The monoisotopic (exact) mass is 375 g/mol. The molecule has 0 amide bonds. The third-order valence-corrected chi connectivity index (χ3v) is 6.23. The molecule has 0 atom stereocenters. The van der Waals surface area contributed by atoms with E-state index in [1.54, 1.807) is 12.4 Å². The fourth-order valence-corrected chi connectivity index (χ4v) is 4.55. The number of fused-ring (bicyclic) bond motifs is 1. The van der Waals surface area contributed by atoms with Crippen LogP contribution in [0.1, 0.15) is 29.7 Å². The number of anilines is 2. The van der Waals surface area contributed by atoms with Gasteiger partial charge in [-0.15, -0.1) is 0 Å². The molecule has 2 aromatic heterocycles. The maximum Gasteiger partial charge on any atom is 0.225 e. The van der Waals surface area contributed by atoms with Gasteiger partial charge in [0.15, 0.2) is 0 Å². The Morgan fingerprint density at radius 2 is 1.71 bits per heavy atom. The van der Waals surface area contributed by atoms with Gasteiger partial charge in [0.1, 0.15) is 11.9 Å². The molecule has 0 unspecified atom stereocenters. The van der Waals surface area contributed by atoms with Crippen LogP contribution in [0.25, 0.3) is 0 Å². The lowest BCUT2D eigenvalue weighted by atomic mass is 9.94. The van der Waals surface area contributed by atoms with Gasteiger partial charge in [0.05, 0.1) is 5.56 Å². The Hall–Kier alpha value is -2.72. The zero-order valence-corrected chi connectivity index (χ0v) is 16.1. The first-order valence-electron chi connectivity index (χ1n) is 10.3. The number of piperazine rings is 1. The van der Waals surface area contributed by atoms with E-state index in [4.69, 9.17) is 4.98 Å². The Bertz CT molecular complexity index is 878. The topological polar surface area (TPSA) is 72.2 Å². The molecule has 0 N–H and O–H groups in total. The number of aromatic nitrogens is 3. The molecule has 144 valence electrons. The highest BCUT2D eigenvalue weighted by Gasteiger charge is 2.36. The highest BCUT2D eigenvalue weighted by atomic mass is 15.4. The lowest BCUT2D eigenvalue weighted by Gasteiger charge is -2.48. The molecule has 0 spiro atoms. The minimum atomic E-state index is 0.545. The molecule has 7 heteroatoms. The van der Waals surface area contributed by atoms with Crippen molar-refractivity contribution in [3.8, 4) is 6.07 Å². The first-order valence-corrected chi connectivity index (χ1v) is 10.3. The number of pyridine rings is 1. The minimum absolute atomic E-state index is 0.545. The normalized spacial score (nSPS) is 20.4. The van der Waals surface area contributed by atoms with Crippen LogP contribution >= 0.6 is 0 Å². The molecule has 2 aromatic rings. The van der Waals surface area contributed by atoms with Gasteiger partial charge in [-0.05, 0) is 43.4 Å². The van der Waals surface area contributed by atoms with Gasteiger partial charge in [0.25, 0.3) is 0 Å². The van der Waals surface area contributed by atoms with E-state index in [0.29, 0.717) is 6.04 Å². The smallest absolute Gasteiger partial charge is 0.225 e. The molecule has 7 nitrogen and oxygen atoms in total. The molecule has 0 radical (unpaired) electrons. The zero-order chi connectivity index (χ0) is 18.9. The number of hydrogen-bond acceptors (Lipinski definition) is 7. The van der Waals surface area contributed by atoms with E-state index in [1.165, 1.54) is 24.1 Å². The van der Waals surface area contributed by atoms with E-state index in [-0.39, 0.29) is 0 Å².